The van der Waals surface area contributed by atoms with Crippen molar-refractivity contribution in [1.29, 1.82) is 0 Å². The monoisotopic (exact) mass is 265 g/mol. The molecule has 1 aromatic rings. The Morgan fingerprint density at radius 1 is 1.56 bits per heavy atom. The summed E-state index contributed by atoms with van der Waals surface area (Å²) in [6.07, 6.45) is -1.20. The van der Waals surface area contributed by atoms with Gasteiger partial charge in [0.25, 0.3) is 0 Å². The molecule has 0 aliphatic rings. The summed E-state index contributed by atoms with van der Waals surface area (Å²) < 4.78 is 41.7. The molecule has 0 saturated heterocycles. The van der Waals surface area contributed by atoms with Crippen molar-refractivity contribution in [2.75, 3.05) is 19.0 Å². The summed E-state index contributed by atoms with van der Waals surface area (Å²) in [5.41, 5.74) is 0.252. The zero-order chi connectivity index (χ0) is 13.6. The fourth-order valence-electron chi connectivity index (χ4n) is 1.30. The molecule has 1 amide bonds. The number of hydrogen-bond acceptors (Lipinski definition) is 3. The number of carbonyl (C=O) groups is 1. The molecule has 0 fully saturated rings. The molecule has 0 bridgehead atoms. The number of rotatable bonds is 6. The van der Waals surface area contributed by atoms with Gasteiger partial charge in [-0.15, -0.1) is 0 Å². The van der Waals surface area contributed by atoms with Gasteiger partial charge in [-0.3, -0.25) is 9.48 Å². The zero-order valence-electron chi connectivity index (χ0n) is 9.83. The number of carbonyl (C=O) groups excluding carboxylic acids is 1. The first kappa shape index (κ1) is 14.5. The molecule has 0 atom stereocenters. The second-order valence-electron chi connectivity index (χ2n) is 3.69. The highest BCUT2D eigenvalue weighted by Gasteiger charge is 2.28. The van der Waals surface area contributed by atoms with Crippen LogP contribution in [0.1, 0.15) is 12.8 Å². The van der Waals surface area contributed by atoms with E-state index in [2.05, 4.69) is 10.4 Å². The van der Waals surface area contributed by atoms with E-state index in [1.807, 2.05) is 0 Å². The molecule has 0 radical (unpaired) electrons. The summed E-state index contributed by atoms with van der Waals surface area (Å²) in [6, 6.07) is 0. The van der Waals surface area contributed by atoms with Gasteiger partial charge in [0.1, 0.15) is 6.54 Å². The van der Waals surface area contributed by atoms with Gasteiger partial charge in [0, 0.05) is 26.3 Å². The lowest BCUT2D eigenvalue weighted by Crippen LogP contribution is -2.18. The van der Waals surface area contributed by atoms with Crippen molar-refractivity contribution in [2.45, 2.75) is 25.6 Å². The molecule has 0 saturated carbocycles. The maximum absolute atomic E-state index is 12.1. The minimum absolute atomic E-state index is 0.248. The molecule has 8 heteroatoms. The topological polar surface area (TPSA) is 56.1 Å². The number of ether oxygens (including phenoxy) is 1. The second kappa shape index (κ2) is 6.39. The van der Waals surface area contributed by atoms with Crippen LogP contribution in [0.5, 0.6) is 0 Å². The lowest BCUT2D eigenvalue weighted by molar-refractivity contribution is -0.142. The van der Waals surface area contributed by atoms with Gasteiger partial charge in [0.2, 0.25) is 5.91 Å². The van der Waals surface area contributed by atoms with Crippen molar-refractivity contribution in [2.24, 2.45) is 0 Å². The standard InChI is InChI=1S/C10H14F3N3O2/c1-18-4-2-3-9(17)15-8-5-14-16(6-8)7-10(11,12)13/h5-6H,2-4,7H2,1H3,(H,15,17). The highest BCUT2D eigenvalue weighted by atomic mass is 19.4. The zero-order valence-corrected chi connectivity index (χ0v) is 9.83. The van der Waals surface area contributed by atoms with Crippen molar-refractivity contribution in [3.8, 4) is 0 Å². The van der Waals surface area contributed by atoms with Crippen LogP contribution >= 0.6 is 0 Å². The minimum Gasteiger partial charge on any atom is -0.385 e. The Bertz CT molecular complexity index is 390. The van der Waals surface area contributed by atoms with Crippen LogP contribution in [0, 0.1) is 0 Å². The van der Waals surface area contributed by atoms with Crippen LogP contribution in [0.25, 0.3) is 0 Å². The molecule has 1 aromatic heterocycles. The molecule has 102 valence electrons. The third-order valence-electron chi connectivity index (χ3n) is 2.01. The summed E-state index contributed by atoms with van der Waals surface area (Å²) in [5, 5.41) is 5.97. The van der Waals surface area contributed by atoms with Gasteiger partial charge in [0.15, 0.2) is 0 Å². The van der Waals surface area contributed by atoms with Crippen LogP contribution < -0.4 is 5.32 Å². The predicted octanol–water partition coefficient (Wildman–Crippen LogP) is 1.81. The average Bonchev–Trinajstić information content (AvgIpc) is 2.63. The van der Waals surface area contributed by atoms with Gasteiger partial charge in [-0.2, -0.15) is 18.3 Å². The SMILES string of the molecule is COCCCC(=O)Nc1cnn(CC(F)(F)F)c1. The summed E-state index contributed by atoms with van der Waals surface area (Å²) in [7, 11) is 1.53. The first-order chi connectivity index (χ1) is 8.40. The van der Waals surface area contributed by atoms with E-state index in [1.54, 1.807) is 0 Å². The molecular formula is C10H14F3N3O2. The van der Waals surface area contributed by atoms with E-state index in [4.69, 9.17) is 4.74 Å². The van der Waals surface area contributed by atoms with E-state index in [1.165, 1.54) is 13.3 Å². The quantitative estimate of drug-likeness (QED) is 0.798. The molecular weight excluding hydrogens is 251 g/mol. The number of methoxy groups -OCH3 is 1. The molecule has 0 aliphatic heterocycles. The third-order valence-corrected chi connectivity index (χ3v) is 2.01. The van der Waals surface area contributed by atoms with Crippen molar-refractivity contribution in [3.63, 3.8) is 0 Å². The largest absolute Gasteiger partial charge is 0.408 e. The predicted molar refractivity (Wildman–Crippen MR) is 58.0 cm³/mol. The molecule has 0 spiro atoms. The Labute approximate surface area is 102 Å². The molecule has 1 heterocycles. The van der Waals surface area contributed by atoms with Crippen molar-refractivity contribution < 1.29 is 22.7 Å². The van der Waals surface area contributed by atoms with E-state index in [9.17, 15) is 18.0 Å². The van der Waals surface area contributed by atoms with Gasteiger partial charge < -0.3 is 10.1 Å². The van der Waals surface area contributed by atoms with Crippen molar-refractivity contribution in [1.82, 2.24) is 9.78 Å². The Kier molecular flexibility index (Phi) is 5.14. The van der Waals surface area contributed by atoms with Gasteiger partial charge in [-0.05, 0) is 6.42 Å². The number of anilines is 1. The number of nitrogens with zero attached hydrogens (tertiary/aromatic N) is 2. The smallest absolute Gasteiger partial charge is 0.385 e. The third kappa shape index (κ3) is 5.67. The number of aromatic nitrogens is 2. The average molecular weight is 265 g/mol. The van der Waals surface area contributed by atoms with Crippen LogP contribution in [-0.4, -0.2) is 35.6 Å². The Balaban J connectivity index is 2.41. The summed E-state index contributed by atoms with van der Waals surface area (Å²) in [6.45, 7) is -0.715. The van der Waals surface area contributed by atoms with Crippen LogP contribution in [0.15, 0.2) is 12.4 Å². The Morgan fingerprint density at radius 3 is 2.89 bits per heavy atom. The van der Waals surface area contributed by atoms with Crippen LogP contribution in [-0.2, 0) is 16.1 Å². The molecule has 0 aliphatic carbocycles. The van der Waals surface area contributed by atoms with E-state index < -0.39 is 12.7 Å². The first-order valence-electron chi connectivity index (χ1n) is 5.29. The number of amides is 1. The minimum atomic E-state index is -4.33. The Morgan fingerprint density at radius 2 is 2.28 bits per heavy atom. The van der Waals surface area contributed by atoms with Crippen molar-refractivity contribution >= 4 is 11.6 Å². The lowest BCUT2D eigenvalue weighted by Gasteiger charge is -2.05. The molecule has 1 rings (SSSR count). The van der Waals surface area contributed by atoms with Crippen LogP contribution in [0.4, 0.5) is 18.9 Å². The fourth-order valence-corrected chi connectivity index (χ4v) is 1.30. The summed E-state index contributed by atoms with van der Waals surface area (Å²) in [4.78, 5) is 11.4. The number of alkyl halides is 3. The second-order valence-corrected chi connectivity index (χ2v) is 3.69. The van der Waals surface area contributed by atoms with Gasteiger partial charge in [-0.25, -0.2) is 0 Å². The van der Waals surface area contributed by atoms with Gasteiger partial charge in [0.05, 0.1) is 11.9 Å². The molecule has 0 unspecified atom stereocenters. The normalized spacial score (nSPS) is 11.6. The fraction of sp³-hybridized carbons (Fsp3) is 0.600. The van der Waals surface area contributed by atoms with Crippen molar-refractivity contribution in [3.05, 3.63) is 12.4 Å². The van der Waals surface area contributed by atoms with Gasteiger partial charge in [-0.1, -0.05) is 0 Å². The number of halogens is 3. The highest BCUT2D eigenvalue weighted by Crippen LogP contribution is 2.18. The van der Waals surface area contributed by atoms with E-state index in [0.29, 0.717) is 13.0 Å². The maximum atomic E-state index is 12.1. The number of hydrogen-bond donors (Lipinski definition) is 1. The molecule has 0 aromatic carbocycles. The summed E-state index contributed by atoms with van der Waals surface area (Å²) in [5.74, 6) is -0.279. The first-order valence-corrected chi connectivity index (χ1v) is 5.29. The van der Waals surface area contributed by atoms with Gasteiger partial charge >= 0.3 is 6.18 Å². The lowest BCUT2D eigenvalue weighted by atomic mass is 10.3. The van der Waals surface area contributed by atoms with E-state index >= 15 is 0 Å². The highest BCUT2D eigenvalue weighted by molar-refractivity contribution is 5.90. The van der Waals surface area contributed by atoms with E-state index in [0.717, 1.165) is 10.9 Å². The molecule has 5 nitrogen and oxygen atoms in total. The summed E-state index contributed by atoms with van der Waals surface area (Å²) >= 11 is 0. The maximum Gasteiger partial charge on any atom is 0.408 e. The van der Waals surface area contributed by atoms with E-state index in [-0.39, 0.29) is 18.0 Å². The molecule has 18 heavy (non-hydrogen) atoms. The van der Waals surface area contributed by atoms with Crippen LogP contribution in [0.3, 0.4) is 0 Å². The number of nitrogens with one attached hydrogen (secondary N) is 1. The Hall–Kier alpha value is -1.57. The molecule has 1 N–H and O–H groups in total. The van der Waals surface area contributed by atoms with Crippen LogP contribution in [0.2, 0.25) is 0 Å².